The van der Waals surface area contributed by atoms with E-state index in [1.807, 2.05) is 0 Å². The summed E-state index contributed by atoms with van der Waals surface area (Å²) >= 11 is 2.60. The number of nitrogens with zero attached hydrogens (tertiary/aromatic N) is 1. The number of hydrogen-bond acceptors (Lipinski definition) is 3. The smallest absolute Gasteiger partial charge is 0.258 e. The second-order valence-corrected chi connectivity index (χ2v) is 4.81. The lowest BCUT2D eigenvalue weighted by atomic mass is 10.2. The summed E-state index contributed by atoms with van der Waals surface area (Å²) in [6.07, 6.45) is 0. The van der Waals surface area contributed by atoms with Gasteiger partial charge < -0.3 is 0 Å². The maximum absolute atomic E-state index is 12.2. The van der Waals surface area contributed by atoms with Crippen LogP contribution in [0.5, 0.6) is 0 Å². The first-order valence-electron chi connectivity index (χ1n) is 3.91. The van der Waals surface area contributed by atoms with E-state index in [0.717, 1.165) is 12.1 Å². The molecule has 0 fully saturated rings. The van der Waals surface area contributed by atoms with Gasteiger partial charge in [-0.15, -0.1) is 0 Å². The quantitative estimate of drug-likeness (QED) is 0.465. The molecular weight excluding hydrogens is 311 g/mol. The molecule has 3 nitrogen and oxygen atoms in total. The Balaban J connectivity index is 3.18. The summed E-state index contributed by atoms with van der Waals surface area (Å²) in [5, 5.41) is 10.5. The van der Waals surface area contributed by atoms with Crippen LogP contribution < -0.4 is 0 Å². The number of nitro benzene ring substituents is 1. The SMILES string of the molecule is Cc1cc([N+](=O)[O-])cc(Br)c1SC(F)(F)F. The summed E-state index contributed by atoms with van der Waals surface area (Å²) in [7, 11) is 0. The predicted molar refractivity (Wildman–Crippen MR) is 57.4 cm³/mol. The number of non-ortho nitro benzene ring substituents is 1. The third-order valence-electron chi connectivity index (χ3n) is 1.64. The Morgan fingerprint density at radius 3 is 2.38 bits per heavy atom. The van der Waals surface area contributed by atoms with E-state index < -0.39 is 10.4 Å². The fourth-order valence-corrected chi connectivity index (χ4v) is 2.46. The van der Waals surface area contributed by atoms with Crippen LogP contribution in [0, 0.1) is 17.0 Å². The molecule has 16 heavy (non-hydrogen) atoms. The molecule has 0 radical (unpaired) electrons. The van der Waals surface area contributed by atoms with Crippen LogP contribution in [0.2, 0.25) is 0 Å². The van der Waals surface area contributed by atoms with Crippen molar-refractivity contribution in [2.75, 3.05) is 0 Å². The van der Waals surface area contributed by atoms with Crippen LogP contribution in [0.25, 0.3) is 0 Å². The highest BCUT2D eigenvalue weighted by molar-refractivity contribution is 9.10. The van der Waals surface area contributed by atoms with Gasteiger partial charge in [0.2, 0.25) is 0 Å². The second kappa shape index (κ2) is 4.62. The molecule has 0 saturated carbocycles. The van der Waals surface area contributed by atoms with Gasteiger partial charge in [0.05, 0.1) is 4.92 Å². The number of rotatable bonds is 2. The van der Waals surface area contributed by atoms with E-state index in [4.69, 9.17) is 0 Å². The van der Waals surface area contributed by atoms with Gasteiger partial charge >= 0.3 is 5.51 Å². The Kier molecular flexibility index (Phi) is 3.84. The molecule has 1 rings (SSSR count). The average Bonchev–Trinajstić information content (AvgIpc) is 2.09. The highest BCUT2D eigenvalue weighted by Crippen LogP contribution is 2.43. The summed E-state index contributed by atoms with van der Waals surface area (Å²) in [4.78, 5) is 9.75. The highest BCUT2D eigenvalue weighted by atomic mass is 79.9. The molecule has 0 aliphatic rings. The molecule has 0 bridgehead atoms. The van der Waals surface area contributed by atoms with Crippen molar-refractivity contribution in [1.29, 1.82) is 0 Å². The second-order valence-electron chi connectivity index (χ2n) is 2.88. The fraction of sp³-hybridized carbons (Fsp3) is 0.250. The maximum atomic E-state index is 12.2. The van der Waals surface area contributed by atoms with Gasteiger partial charge in [-0.25, -0.2) is 0 Å². The lowest BCUT2D eigenvalue weighted by Crippen LogP contribution is -2.01. The van der Waals surface area contributed by atoms with E-state index in [-0.39, 0.29) is 32.4 Å². The average molecular weight is 316 g/mol. The minimum atomic E-state index is -4.41. The molecular formula is C8H5BrF3NO2S. The van der Waals surface area contributed by atoms with Gasteiger partial charge in [-0.2, -0.15) is 13.2 Å². The van der Waals surface area contributed by atoms with E-state index in [0.29, 0.717) is 0 Å². The summed E-state index contributed by atoms with van der Waals surface area (Å²) < 4.78 is 36.6. The number of halogens is 4. The Morgan fingerprint density at radius 1 is 1.44 bits per heavy atom. The summed E-state index contributed by atoms with van der Waals surface area (Å²) in [5.74, 6) is 0. The van der Waals surface area contributed by atoms with Crippen LogP contribution in [0.4, 0.5) is 18.9 Å². The van der Waals surface area contributed by atoms with Crippen molar-refractivity contribution in [1.82, 2.24) is 0 Å². The Morgan fingerprint density at radius 2 is 2.00 bits per heavy atom. The van der Waals surface area contributed by atoms with E-state index in [9.17, 15) is 23.3 Å². The molecule has 0 N–H and O–H groups in total. The van der Waals surface area contributed by atoms with Crippen molar-refractivity contribution in [3.63, 3.8) is 0 Å². The first-order chi connectivity index (χ1) is 7.20. The zero-order valence-corrected chi connectivity index (χ0v) is 10.2. The Hall–Kier alpha value is -0.760. The molecule has 0 amide bonds. The van der Waals surface area contributed by atoms with Crippen LogP contribution in [0.1, 0.15) is 5.56 Å². The summed E-state index contributed by atoms with van der Waals surface area (Å²) in [5.41, 5.74) is -4.44. The number of aryl methyl sites for hydroxylation is 1. The Labute approximate surface area is 101 Å². The Bertz CT molecular complexity index is 413. The zero-order chi connectivity index (χ0) is 12.5. The number of benzene rings is 1. The minimum absolute atomic E-state index is 0.0573. The lowest BCUT2D eigenvalue weighted by Gasteiger charge is -2.10. The van der Waals surface area contributed by atoms with Gasteiger partial charge in [0, 0.05) is 21.5 Å². The van der Waals surface area contributed by atoms with Gasteiger partial charge in [-0.05, 0) is 40.2 Å². The molecule has 0 saturated heterocycles. The predicted octanol–water partition coefficient (Wildman–Crippen LogP) is 4.28. The van der Waals surface area contributed by atoms with Crippen LogP contribution in [-0.2, 0) is 0 Å². The van der Waals surface area contributed by atoms with Crippen molar-refractivity contribution >= 4 is 33.4 Å². The molecule has 88 valence electrons. The molecule has 1 aromatic rings. The maximum Gasteiger partial charge on any atom is 0.446 e. The van der Waals surface area contributed by atoms with Crippen molar-refractivity contribution in [3.05, 3.63) is 32.3 Å². The lowest BCUT2D eigenvalue weighted by molar-refractivity contribution is -0.385. The van der Waals surface area contributed by atoms with E-state index in [1.54, 1.807) is 0 Å². The highest BCUT2D eigenvalue weighted by Gasteiger charge is 2.31. The van der Waals surface area contributed by atoms with E-state index >= 15 is 0 Å². The number of alkyl halides is 3. The topological polar surface area (TPSA) is 43.1 Å². The first-order valence-corrected chi connectivity index (χ1v) is 5.52. The van der Waals surface area contributed by atoms with Crippen molar-refractivity contribution < 1.29 is 18.1 Å². The molecule has 0 aliphatic heterocycles. The van der Waals surface area contributed by atoms with Crippen LogP contribution in [-0.4, -0.2) is 10.4 Å². The molecule has 1 aromatic carbocycles. The van der Waals surface area contributed by atoms with E-state index in [2.05, 4.69) is 15.9 Å². The van der Waals surface area contributed by atoms with Crippen molar-refractivity contribution in [2.24, 2.45) is 0 Å². The zero-order valence-electron chi connectivity index (χ0n) is 7.84. The third kappa shape index (κ3) is 3.38. The van der Waals surface area contributed by atoms with Crippen LogP contribution >= 0.6 is 27.7 Å². The van der Waals surface area contributed by atoms with Gasteiger partial charge in [0.1, 0.15) is 0 Å². The number of thioether (sulfide) groups is 1. The molecule has 0 spiro atoms. The van der Waals surface area contributed by atoms with Gasteiger partial charge in [0.25, 0.3) is 5.69 Å². The van der Waals surface area contributed by atoms with Gasteiger partial charge in [-0.3, -0.25) is 10.1 Å². The molecule has 0 unspecified atom stereocenters. The van der Waals surface area contributed by atoms with Crippen LogP contribution in [0.3, 0.4) is 0 Å². The van der Waals surface area contributed by atoms with Crippen molar-refractivity contribution in [2.45, 2.75) is 17.3 Å². The first kappa shape index (κ1) is 13.3. The van der Waals surface area contributed by atoms with Crippen LogP contribution in [0.15, 0.2) is 21.5 Å². The van der Waals surface area contributed by atoms with Crippen molar-refractivity contribution in [3.8, 4) is 0 Å². The standard InChI is InChI=1S/C8H5BrF3NO2S/c1-4-2-5(13(14)15)3-6(9)7(4)16-8(10,11)12/h2-3H,1H3. The molecule has 0 aromatic heterocycles. The largest absolute Gasteiger partial charge is 0.446 e. The fourth-order valence-electron chi connectivity index (χ4n) is 1.06. The molecule has 8 heteroatoms. The molecule has 0 heterocycles. The third-order valence-corrected chi connectivity index (χ3v) is 3.51. The molecule has 0 atom stereocenters. The minimum Gasteiger partial charge on any atom is -0.258 e. The summed E-state index contributed by atoms with van der Waals surface area (Å²) in [6, 6.07) is 2.17. The van der Waals surface area contributed by atoms with E-state index in [1.165, 1.54) is 6.92 Å². The molecule has 0 aliphatic carbocycles. The van der Waals surface area contributed by atoms with Gasteiger partial charge in [0.15, 0.2) is 0 Å². The number of nitro groups is 1. The number of hydrogen-bond donors (Lipinski definition) is 0. The normalized spacial score (nSPS) is 11.6. The monoisotopic (exact) mass is 315 g/mol. The van der Waals surface area contributed by atoms with Gasteiger partial charge in [-0.1, -0.05) is 0 Å². The summed E-state index contributed by atoms with van der Waals surface area (Å²) in [6.45, 7) is 1.39.